The van der Waals surface area contributed by atoms with Crippen LogP contribution < -0.4 is 0 Å². The van der Waals surface area contributed by atoms with Crippen LogP contribution in [0.15, 0.2) is 47.1 Å². The Balaban J connectivity index is 2.15. The van der Waals surface area contributed by atoms with Crippen molar-refractivity contribution < 1.29 is 0 Å². The number of hydrogen-bond donors (Lipinski definition) is 0. The summed E-state index contributed by atoms with van der Waals surface area (Å²) in [6.45, 7) is 18.3. The molecule has 0 amide bonds. The first kappa shape index (κ1) is 14.9. The fourth-order valence-electron chi connectivity index (χ4n) is 5.08. The van der Waals surface area contributed by atoms with Crippen LogP contribution in [-0.4, -0.2) is 0 Å². The monoisotopic (exact) mass is 282 g/mol. The van der Waals surface area contributed by atoms with E-state index in [1.54, 1.807) is 11.1 Å². The molecule has 5 atom stereocenters. The lowest BCUT2D eigenvalue weighted by Gasteiger charge is -2.51. The summed E-state index contributed by atoms with van der Waals surface area (Å²) < 4.78 is 0. The highest BCUT2D eigenvalue weighted by Gasteiger charge is 2.46. The highest BCUT2D eigenvalue weighted by atomic mass is 14.5. The summed E-state index contributed by atoms with van der Waals surface area (Å²) in [6, 6.07) is 0. The van der Waals surface area contributed by atoms with Gasteiger partial charge in [-0.15, -0.1) is 0 Å². The Labute approximate surface area is 130 Å². The summed E-state index contributed by atoms with van der Waals surface area (Å²) in [5, 5.41) is 0. The van der Waals surface area contributed by atoms with Crippen molar-refractivity contribution in [3.63, 3.8) is 0 Å². The maximum Gasteiger partial charge on any atom is 0.0110 e. The topological polar surface area (TPSA) is 0 Å². The van der Waals surface area contributed by atoms with Gasteiger partial charge in [-0.05, 0) is 57.3 Å². The van der Waals surface area contributed by atoms with Gasteiger partial charge in [0.1, 0.15) is 0 Å². The average Bonchev–Trinajstić information content (AvgIpc) is 2.43. The van der Waals surface area contributed by atoms with Gasteiger partial charge in [0.15, 0.2) is 0 Å². The van der Waals surface area contributed by atoms with Crippen LogP contribution in [0, 0.1) is 29.6 Å². The van der Waals surface area contributed by atoms with Crippen molar-refractivity contribution in [3.8, 4) is 0 Å². The molecule has 0 aromatic rings. The minimum atomic E-state index is 0.490. The zero-order valence-electron chi connectivity index (χ0n) is 14.2. The van der Waals surface area contributed by atoms with E-state index in [2.05, 4.69) is 46.9 Å². The van der Waals surface area contributed by atoms with Crippen LogP contribution in [0.3, 0.4) is 0 Å². The standard InChI is InChI=1S/C21H30/c1-12(2)11-19-16(6)15(5)18-10-7-13(3)17-9-8-14(4)20(19)21(17)18/h11,13,15,18-20H,4,6-10H2,1-3,5H3/t13-,15-,18+,19+,20-/m1/s1. The maximum absolute atomic E-state index is 4.51. The first-order chi connectivity index (χ1) is 9.91. The van der Waals surface area contributed by atoms with E-state index >= 15 is 0 Å². The maximum atomic E-state index is 4.51. The Kier molecular flexibility index (Phi) is 3.76. The van der Waals surface area contributed by atoms with Crippen LogP contribution in [0.5, 0.6) is 0 Å². The van der Waals surface area contributed by atoms with Crippen molar-refractivity contribution in [3.05, 3.63) is 47.1 Å². The third-order valence-corrected chi connectivity index (χ3v) is 6.25. The molecular formula is C21H30. The van der Waals surface area contributed by atoms with Gasteiger partial charge in [0.2, 0.25) is 0 Å². The first-order valence-corrected chi connectivity index (χ1v) is 8.66. The Bertz CT molecular complexity index is 538. The normalized spacial score (nSPS) is 39.1. The van der Waals surface area contributed by atoms with Crippen molar-refractivity contribution >= 4 is 0 Å². The zero-order chi connectivity index (χ0) is 15.3. The molecule has 0 unspecified atom stereocenters. The van der Waals surface area contributed by atoms with Gasteiger partial charge in [0.05, 0.1) is 0 Å². The highest BCUT2D eigenvalue weighted by Crippen LogP contribution is 2.57. The molecule has 3 aliphatic rings. The molecule has 0 bridgehead atoms. The lowest BCUT2D eigenvalue weighted by Crippen LogP contribution is -2.40. The lowest BCUT2D eigenvalue weighted by atomic mass is 9.54. The Hall–Kier alpha value is -1.04. The van der Waals surface area contributed by atoms with Gasteiger partial charge in [0.25, 0.3) is 0 Å². The fourth-order valence-corrected chi connectivity index (χ4v) is 5.08. The molecule has 3 aliphatic carbocycles. The summed E-state index contributed by atoms with van der Waals surface area (Å²) in [4.78, 5) is 0. The van der Waals surface area contributed by atoms with Gasteiger partial charge >= 0.3 is 0 Å². The van der Waals surface area contributed by atoms with E-state index in [0.717, 1.165) is 11.8 Å². The molecule has 114 valence electrons. The van der Waals surface area contributed by atoms with E-state index in [1.165, 1.54) is 42.4 Å². The third kappa shape index (κ3) is 2.28. The predicted molar refractivity (Wildman–Crippen MR) is 92.0 cm³/mol. The van der Waals surface area contributed by atoms with E-state index in [-0.39, 0.29) is 0 Å². The molecule has 0 aromatic heterocycles. The second kappa shape index (κ2) is 5.30. The van der Waals surface area contributed by atoms with Crippen molar-refractivity contribution in [1.82, 2.24) is 0 Å². The summed E-state index contributed by atoms with van der Waals surface area (Å²) >= 11 is 0. The van der Waals surface area contributed by atoms with Gasteiger partial charge in [-0.3, -0.25) is 0 Å². The Morgan fingerprint density at radius 3 is 2.48 bits per heavy atom. The predicted octanol–water partition coefficient (Wildman–Crippen LogP) is 6.08. The largest absolute Gasteiger partial charge is 0.0992 e. The van der Waals surface area contributed by atoms with Crippen LogP contribution in [0.1, 0.15) is 53.4 Å². The molecule has 0 radical (unpaired) electrons. The summed E-state index contributed by atoms with van der Waals surface area (Å²) in [5.41, 5.74) is 7.90. The van der Waals surface area contributed by atoms with Crippen molar-refractivity contribution in [2.45, 2.75) is 53.4 Å². The van der Waals surface area contributed by atoms with E-state index < -0.39 is 0 Å². The molecule has 0 heteroatoms. The Morgan fingerprint density at radius 1 is 1.10 bits per heavy atom. The Morgan fingerprint density at radius 2 is 1.81 bits per heavy atom. The third-order valence-electron chi connectivity index (χ3n) is 6.25. The minimum absolute atomic E-state index is 0.490. The average molecular weight is 282 g/mol. The van der Waals surface area contributed by atoms with Crippen LogP contribution in [0.2, 0.25) is 0 Å². The van der Waals surface area contributed by atoms with Crippen molar-refractivity contribution in [1.29, 1.82) is 0 Å². The zero-order valence-corrected chi connectivity index (χ0v) is 14.2. The molecule has 0 aromatic carbocycles. The van der Waals surface area contributed by atoms with Crippen molar-refractivity contribution in [2.75, 3.05) is 0 Å². The van der Waals surface area contributed by atoms with Gasteiger partial charge in [-0.2, -0.15) is 0 Å². The van der Waals surface area contributed by atoms with Crippen LogP contribution in [0.25, 0.3) is 0 Å². The van der Waals surface area contributed by atoms with Crippen LogP contribution in [-0.2, 0) is 0 Å². The molecule has 0 saturated heterocycles. The van der Waals surface area contributed by atoms with E-state index in [9.17, 15) is 0 Å². The van der Waals surface area contributed by atoms with Crippen molar-refractivity contribution in [2.24, 2.45) is 29.6 Å². The van der Waals surface area contributed by atoms with Gasteiger partial charge in [0, 0.05) is 11.8 Å². The van der Waals surface area contributed by atoms with Gasteiger partial charge in [-0.25, -0.2) is 0 Å². The molecular weight excluding hydrogens is 252 g/mol. The number of rotatable bonds is 1. The lowest BCUT2D eigenvalue weighted by molar-refractivity contribution is 0.258. The second-order valence-corrected chi connectivity index (χ2v) is 7.83. The molecule has 0 aliphatic heterocycles. The van der Waals surface area contributed by atoms with E-state index in [1.807, 2.05) is 0 Å². The molecule has 21 heavy (non-hydrogen) atoms. The molecule has 0 heterocycles. The fraction of sp³-hybridized carbons (Fsp3) is 0.619. The summed E-state index contributed by atoms with van der Waals surface area (Å²) in [5.74, 6) is 3.21. The summed E-state index contributed by atoms with van der Waals surface area (Å²) in [6.07, 6.45) is 7.64. The quantitative estimate of drug-likeness (QED) is 0.511. The molecule has 0 N–H and O–H groups in total. The molecule has 3 rings (SSSR count). The smallest absolute Gasteiger partial charge is 0.0110 e. The van der Waals surface area contributed by atoms with Crippen LogP contribution >= 0.6 is 0 Å². The van der Waals surface area contributed by atoms with Gasteiger partial charge in [-0.1, -0.05) is 60.9 Å². The molecule has 0 nitrogen and oxygen atoms in total. The molecule has 1 fully saturated rings. The highest BCUT2D eigenvalue weighted by molar-refractivity contribution is 5.43. The van der Waals surface area contributed by atoms with E-state index in [0.29, 0.717) is 17.8 Å². The number of hydrogen-bond acceptors (Lipinski definition) is 0. The SMILES string of the molecule is C=C1CCC2=C3[C@H]1[C@@H](C=C(C)C)C(=C)[C@@H](C)[C@@H]3CC[C@H]2C. The molecule has 0 spiro atoms. The minimum Gasteiger partial charge on any atom is -0.0992 e. The number of allylic oxidation sites excluding steroid dienone is 6. The molecule has 1 saturated carbocycles. The first-order valence-electron chi connectivity index (χ1n) is 8.66. The van der Waals surface area contributed by atoms with Gasteiger partial charge < -0.3 is 0 Å². The second-order valence-electron chi connectivity index (χ2n) is 7.83. The summed E-state index contributed by atoms with van der Waals surface area (Å²) in [7, 11) is 0. The van der Waals surface area contributed by atoms with E-state index in [4.69, 9.17) is 0 Å². The van der Waals surface area contributed by atoms with Crippen LogP contribution in [0.4, 0.5) is 0 Å².